The number of aromatic nitrogens is 2. The van der Waals surface area contributed by atoms with Crippen molar-refractivity contribution < 1.29 is 44.3 Å². The van der Waals surface area contributed by atoms with Crippen molar-refractivity contribution in [2.24, 2.45) is 0 Å². The number of rotatable bonds is 8. The first-order valence-corrected chi connectivity index (χ1v) is 14.1. The van der Waals surface area contributed by atoms with Crippen LogP contribution >= 0.6 is 15.9 Å². The van der Waals surface area contributed by atoms with Crippen molar-refractivity contribution in [1.29, 1.82) is 0 Å². The molecule has 0 amide bonds. The molecule has 0 aliphatic carbocycles. The Kier molecular flexibility index (Phi) is 9.76. The molecule has 1 heterocycles. The van der Waals surface area contributed by atoms with Crippen LogP contribution < -0.4 is 9.64 Å². The molecule has 0 unspecified atom stereocenters. The molecule has 0 fully saturated rings. The fourth-order valence-corrected chi connectivity index (χ4v) is 4.87. The van der Waals surface area contributed by atoms with Crippen LogP contribution in [0.25, 0.3) is 11.1 Å². The minimum atomic E-state index is -5.10. The van der Waals surface area contributed by atoms with Crippen LogP contribution in [0.1, 0.15) is 53.1 Å². The van der Waals surface area contributed by atoms with Crippen LogP contribution in [0.5, 0.6) is 5.75 Å². The number of alkyl halides is 9. The lowest BCUT2D eigenvalue weighted by Crippen LogP contribution is -2.25. The van der Waals surface area contributed by atoms with Crippen LogP contribution in [0.3, 0.4) is 0 Å². The summed E-state index contributed by atoms with van der Waals surface area (Å²) in [6.07, 6.45) is -12.4. The van der Waals surface area contributed by atoms with E-state index in [4.69, 9.17) is 4.74 Å². The molecule has 4 nitrogen and oxygen atoms in total. The Morgan fingerprint density at radius 2 is 1.29 bits per heavy atom. The van der Waals surface area contributed by atoms with E-state index in [1.165, 1.54) is 30.5 Å². The topological polar surface area (TPSA) is 38.2 Å². The van der Waals surface area contributed by atoms with Crippen LogP contribution in [0, 0.1) is 0 Å². The second-order valence-electron chi connectivity index (χ2n) is 10.5. The van der Waals surface area contributed by atoms with Gasteiger partial charge in [-0.05, 0) is 86.6 Å². The van der Waals surface area contributed by atoms with Gasteiger partial charge in [-0.15, -0.1) is 0 Å². The normalized spacial score (nSPS) is 12.5. The highest BCUT2D eigenvalue weighted by molar-refractivity contribution is 9.10. The number of benzene rings is 3. The number of hydrogen-bond acceptors (Lipinski definition) is 4. The van der Waals surface area contributed by atoms with Gasteiger partial charge in [0.05, 0.1) is 28.3 Å². The summed E-state index contributed by atoms with van der Waals surface area (Å²) >= 11 is 3.17. The highest BCUT2D eigenvalue weighted by atomic mass is 79.9. The zero-order chi connectivity index (χ0) is 33.3. The largest absolute Gasteiger partial charge is 0.496 e. The Labute approximate surface area is 261 Å². The van der Waals surface area contributed by atoms with E-state index in [9.17, 15) is 39.5 Å². The standard InChI is InChI=1S/C31H25BrF9N3O/c1-17(2)19-4-7-27(45-3)26(11-19)25-6-5-21(29(33,34)35)10-20(25)16-44(28-42-13-24(32)14-43-28)15-18-8-22(30(36,37)38)12-23(9-18)31(39,40)41/h4-14,17H,15-16H2,1-3H3. The summed E-state index contributed by atoms with van der Waals surface area (Å²) in [4.78, 5) is 9.48. The van der Waals surface area contributed by atoms with E-state index >= 15 is 0 Å². The first-order valence-electron chi connectivity index (χ1n) is 13.3. The number of hydrogen-bond donors (Lipinski definition) is 0. The van der Waals surface area contributed by atoms with E-state index in [2.05, 4.69) is 25.9 Å². The second kappa shape index (κ2) is 12.9. The molecule has 0 atom stereocenters. The van der Waals surface area contributed by atoms with Crippen LogP contribution in [-0.4, -0.2) is 17.1 Å². The molecule has 0 spiro atoms. The lowest BCUT2D eigenvalue weighted by molar-refractivity contribution is -0.143. The highest BCUT2D eigenvalue weighted by Crippen LogP contribution is 2.40. The molecule has 0 radical (unpaired) electrons. The minimum Gasteiger partial charge on any atom is -0.496 e. The van der Waals surface area contributed by atoms with Crippen molar-refractivity contribution >= 4 is 21.9 Å². The molecule has 0 saturated heterocycles. The summed E-state index contributed by atoms with van der Waals surface area (Å²) in [5, 5.41) is 0. The Morgan fingerprint density at radius 1 is 0.711 bits per heavy atom. The van der Waals surface area contributed by atoms with Gasteiger partial charge >= 0.3 is 18.5 Å². The van der Waals surface area contributed by atoms with Gasteiger partial charge in [0.2, 0.25) is 5.95 Å². The molecule has 240 valence electrons. The third kappa shape index (κ3) is 8.27. The molecule has 45 heavy (non-hydrogen) atoms. The summed E-state index contributed by atoms with van der Waals surface area (Å²) in [7, 11) is 1.39. The lowest BCUT2D eigenvalue weighted by atomic mass is 9.92. The van der Waals surface area contributed by atoms with Crippen LogP contribution in [0.4, 0.5) is 45.5 Å². The van der Waals surface area contributed by atoms with Crippen molar-refractivity contribution in [2.75, 3.05) is 12.0 Å². The third-order valence-electron chi connectivity index (χ3n) is 6.88. The average Bonchev–Trinajstić information content (AvgIpc) is 2.95. The van der Waals surface area contributed by atoms with E-state index in [1.807, 2.05) is 19.9 Å². The molecule has 1 aromatic heterocycles. The zero-order valence-corrected chi connectivity index (χ0v) is 25.5. The van der Waals surface area contributed by atoms with Crippen molar-refractivity contribution in [2.45, 2.75) is 51.4 Å². The van der Waals surface area contributed by atoms with Gasteiger partial charge in [0.15, 0.2) is 0 Å². The van der Waals surface area contributed by atoms with E-state index in [0.717, 1.165) is 17.7 Å². The van der Waals surface area contributed by atoms with Gasteiger partial charge in [0.25, 0.3) is 0 Å². The maximum absolute atomic E-state index is 13.9. The molecule has 0 saturated carbocycles. The Hall–Kier alpha value is -3.81. The Bertz CT molecular complexity index is 1620. The first-order chi connectivity index (χ1) is 20.9. The van der Waals surface area contributed by atoms with Crippen molar-refractivity contribution in [3.8, 4) is 16.9 Å². The predicted octanol–water partition coefficient (Wildman–Crippen LogP) is 10.3. The number of anilines is 1. The summed E-state index contributed by atoms with van der Waals surface area (Å²) in [6.45, 7) is 2.83. The minimum absolute atomic E-state index is 0.00284. The van der Waals surface area contributed by atoms with Gasteiger partial charge < -0.3 is 9.64 Å². The summed E-state index contributed by atoms with van der Waals surface area (Å²) in [6, 6.07) is 9.40. The SMILES string of the molecule is COc1ccc(C(C)C)cc1-c1ccc(C(F)(F)F)cc1CN(Cc1cc(C(F)(F)F)cc(C(F)(F)F)c1)c1ncc(Br)cn1. The molecule has 4 aromatic rings. The number of halogens is 10. The van der Waals surface area contributed by atoms with Crippen LogP contribution in [0.2, 0.25) is 0 Å². The van der Waals surface area contributed by atoms with E-state index < -0.39 is 53.9 Å². The number of methoxy groups -OCH3 is 1. The van der Waals surface area contributed by atoms with Crippen LogP contribution in [-0.2, 0) is 31.6 Å². The van der Waals surface area contributed by atoms with Gasteiger partial charge in [-0.3, -0.25) is 0 Å². The summed E-state index contributed by atoms with van der Waals surface area (Å²) in [5.41, 5.74) is -2.80. The van der Waals surface area contributed by atoms with E-state index in [-0.39, 0.29) is 23.5 Å². The Morgan fingerprint density at radius 3 is 1.80 bits per heavy atom. The first kappa shape index (κ1) is 34.1. The summed E-state index contributed by atoms with van der Waals surface area (Å²) in [5.74, 6) is 0.249. The molecule has 14 heteroatoms. The summed E-state index contributed by atoms with van der Waals surface area (Å²) < 4.78 is 129. The molecule has 0 aliphatic heterocycles. The average molecular weight is 706 g/mol. The van der Waals surface area contributed by atoms with Crippen LogP contribution in [0.15, 0.2) is 71.5 Å². The zero-order valence-electron chi connectivity index (χ0n) is 23.9. The third-order valence-corrected chi connectivity index (χ3v) is 7.29. The molecular formula is C31H25BrF9N3O. The van der Waals surface area contributed by atoms with Gasteiger partial charge in [-0.25, -0.2) is 9.97 Å². The molecule has 3 aromatic carbocycles. The molecule has 4 rings (SSSR count). The van der Waals surface area contributed by atoms with Crippen molar-refractivity contribution in [3.05, 3.63) is 105 Å². The van der Waals surface area contributed by atoms with E-state index in [1.54, 1.807) is 12.1 Å². The highest BCUT2D eigenvalue weighted by Gasteiger charge is 2.37. The van der Waals surface area contributed by atoms with E-state index in [0.29, 0.717) is 33.5 Å². The van der Waals surface area contributed by atoms with Gasteiger partial charge in [0.1, 0.15) is 5.75 Å². The number of ether oxygens (including phenoxy) is 1. The molecule has 0 bridgehead atoms. The predicted molar refractivity (Wildman–Crippen MR) is 154 cm³/mol. The number of nitrogens with zero attached hydrogens (tertiary/aromatic N) is 3. The Balaban J connectivity index is 1.92. The molecular weight excluding hydrogens is 681 g/mol. The van der Waals surface area contributed by atoms with Gasteiger partial charge in [-0.1, -0.05) is 26.0 Å². The smallest absolute Gasteiger partial charge is 0.416 e. The fraction of sp³-hybridized carbons (Fsp3) is 0.290. The molecule has 0 N–H and O–H groups in total. The second-order valence-corrected chi connectivity index (χ2v) is 11.4. The molecule has 0 aliphatic rings. The van der Waals surface area contributed by atoms with Gasteiger partial charge in [0, 0.05) is 31.0 Å². The monoisotopic (exact) mass is 705 g/mol. The van der Waals surface area contributed by atoms with Crippen molar-refractivity contribution in [1.82, 2.24) is 9.97 Å². The fourth-order valence-electron chi connectivity index (χ4n) is 4.66. The van der Waals surface area contributed by atoms with Crippen molar-refractivity contribution in [3.63, 3.8) is 0 Å². The van der Waals surface area contributed by atoms with Gasteiger partial charge in [-0.2, -0.15) is 39.5 Å². The lowest BCUT2D eigenvalue weighted by Gasteiger charge is -2.26. The quantitative estimate of drug-likeness (QED) is 0.171. The maximum atomic E-state index is 13.9. The maximum Gasteiger partial charge on any atom is 0.416 e.